The molecule has 2 aromatic carbocycles. The standard InChI is InChI=1S/C18H17BrN4O2/c1-23(2)14-6-4-13(5-7-14)22-17(24)10-25-18-15-9-12(19)3-8-16(15)20-11-21-18/h3-9,11H,10H2,1-2H3,(H,22,24). The van der Waals surface area contributed by atoms with Gasteiger partial charge >= 0.3 is 0 Å². The number of amides is 1. The van der Waals surface area contributed by atoms with Crippen LogP contribution in [0.5, 0.6) is 5.88 Å². The summed E-state index contributed by atoms with van der Waals surface area (Å²) in [6.07, 6.45) is 1.42. The lowest BCUT2D eigenvalue weighted by Gasteiger charge is -2.13. The minimum Gasteiger partial charge on any atom is -0.467 e. The Kier molecular flexibility index (Phi) is 5.14. The second kappa shape index (κ2) is 7.48. The number of aromatic nitrogens is 2. The molecule has 0 fully saturated rings. The van der Waals surface area contributed by atoms with Gasteiger partial charge in [-0.05, 0) is 42.5 Å². The van der Waals surface area contributed by atoms with Crippen molar-refractivity contribution >= 4 is 44.1 Å². The highest BCUT2D eigenvalue weighted by atomic mass is 79.9. The first-order valence-electron chi connectivity index (χ1n) is 7.63. The van der Waals surface area contributed by atoms with E-state index in [0.29, 0.717) is 5.88 Å². The number of benzene rings is 2. The van der Waals surface area contributed by atoms with Crippen LogP contribution >= 0.6 is 15.9 Å². The third-order valence-corrected chi connectivity index (χ3v) is 4.06. The molecule has 0 bridgehead atoms. The third kappa shape index (κ3) is 4.24. The van der Waals surface area contributed by atoms with Gasteiger partial charge in [0.1, 0.15) is 6.33 Å². The minimum atomic E-state index is -0.251. The monoisotopic (exact) mass is 400 g/mol. The summed E-state index contributed by atoms with van der Waals surface area (Å²) in [5.74, 6) is 0.128. The van der Waals surface area contributed by atoms with Gasteiger partial charge in [0.15, 0.2) is 6.61 Å². The Labute approximate surface area is 154 Å². The lowest BCUT2D eigenvalue weighted by molar-refractivity contribution is -0.118. The minimum absolute atomic E-state index is 0.131. The largest absolute Gasteiger partial charge is 0.467 e. The molecular weight excluding hydrogens is 384 g/mol. The molecule has 0 aliphatic rings. The first kappa shape index (κ1) is 17.2. The number of carbonyl (C=O) groups is 1. The van der Waals surface area contributed by atoms with Crippen molar-refractivity contribution in [2.24, 2.45) is 0 Å². The van der Waals surface area contributed by atoms with E-state index in [2.05, 4.69) is 31.2 Å². The Morgan fingerprint density at radius 2 is 1.92 bits per heavy atom. The summed E-state index contributed by atoms with van der Waals surface area (Å²) in [5.41, 5.74) is 2.54. The van der Waals surface area contributed by atoms with Crippen molar-refractivity contribution in [1.82, 2.24) is 9.97 Å². The van der Waals surface area contributed by atoms with E-state index in [9.17, 15) is 4.79 Å². The van der Waals surface area contributed by atoms with E-state index < -0.39 is 0 Å². The van der Waals surface area contributed by atoms with Crippen LogP contribution < -0.4 is 15.0 Å². The second-order valence-corrected chi connectivity index (χ2v) is 6.53. The average Bonchev–Trinajstić information content (AvgIpc) is 2.60. The molecule has 0 spiro atoms. The predicted molar refractivity (Wildman–Crippen MR) is 102 cm³/mol. The molecule has 0 unspecified atom stereocenters. The number of nitrogens with one attached hydrogen (secondary N) is 1. The topological polar surface area (TPSA) is 67.4 Å². The van der Waals surface area contributed by atoms with Gasteiger partial charge in [-0.25, -0.2) is 9.97 Å². The molecular formula is C18H17BrN4O2. The average molecular weight is 401 g/mol. The maximum absolute atomic E-state index is 12.1. The second-order valence-electron chi connectivity index (χ2n) is 5.62. The number of carbonyl (C=O) groups excluding carboxylic acids is 1. The number of hydrogen-bond donors (Lipinski definition) is 1. The number of nitrogens with zero attached hydrogens (tertiary/aromatic N) is 3. The van der Waals surface area contributed by atoms with E-state index >= 15 is 0 Å². The van der Waals surface area contributed by atoms with Crippen LogP contribution in [-0.4, -0.2) is 36.6 Å². The van der Waals surface area contributed by atoms with Crippen LogP contribution in [0.4, 0.5) is 11.4 Å². The van der Waals surface area contributed by atoms with Gasteiger partial charge in [-0.1, -0.05) is 15.9 Å². The highest BCUT2D eigenvalue weighted by Crippen LogP contribution is 2.24. The maximum atomic E-state index is 12.1. The van der Waals surface area contributed by atoms with Crippen LogP contribution in [0.15, 0.2) is 53.3 Å². The highest BCUT2D eigenvalue weighted by molar-refractivity contribution is 9.10. The Balaban J connectivity index is 1.65. The molecule has 0 aliphatic carbocycles. The van der Waals surface area contributed by atoms with Crippen LogP contribution in [-0.2, 0) is 4.79 Å². The Morgan fingerprint density at radius 1 is 1.16 bits per heavy atom. The molecule has 3 rings (SSSR count). The smallest absolute Gasteiger partial charge is 0.262 e. The van der Waals surface area contributed by atoms with E-state index in [-0.39, 0.29) is 12.5 Å². The lowest BCUT2D eigenvalue weighted by atomic mass is 10.2. The first-order valence-corrected chi connectivity index (χ1v) is 8.42. The highest BCUT2D eigenvalue weighted by Gasteiger charge is 2.09. The van der Waals surface area contributed by atoms with Gasteiger partial charge in [-0.2, -0.15) is 0 Å². The summed E-state index contributed by atoms with van der Waals surface area (Å²) in [7, 11) is 3.93. The van der Waals surface area contributed by atoms with Crippen LogP contribution in [0, 0.1) is 0 Å². The predicted octanol–water partition coefficient (Wildman–Crippen LogP) is 3.48. The van der Waals surface area contributed by atoms with Gasteiger partial charge in [0, 0.05) is 29.9 Å². The zero-order chi connectivity index (χ0) is 17.8. The van der Waals surface area contributed by atoms with Gasteiger partial charge < -0.3 is 15.0 Å². The summed E-state index contributed by atoms with van der Waals surface area (Å²) in [4.78, 5) is 22.4. The number of rotatable bonds is 5. The zero-order valence-electron chi connectivity index (χ0n) is 13.9. The molecule has 1 heterocycles. The van der Waals surface area contributed by atoms with Gasteiger partial charge in [0.2, 0.25) is 5.88 Å². The van der Waals surface area contributed by atoms with E-state index in [4.69, 9.17) is 4.74 Å². The molecule has 128 valence electrons. The van der Waals surface area contributed by atoms with Crippen molar-refractivity contribution in [2.75, 3.05) is 30.9 Å². The fourth-order valence-electron chi connectivity index (χ4n) is 2.29. The van der Waals surface area contributed by atoms with Crippen molar-refractivity contribution in [3.63, 3.8) is 0 Å². The van der Waals surface area contributed by atoms with Crippen molar-refractivity contribution in [3.8, 4) is 5.88 Å². The first-order chi connectivity index (χ1) is 12.0. The van der Waals surface area contributed by atoms with Gasteiger partial charge in [0.25, 0.3) is 5.91 Å². The fraction of sp³-hybridized carbons (Fsp3) is 0.167. The van der Waals surface area contributed by atoms with E-state index in [1.165, 1.54) is 6.33 Å². The van der Waals surface area contributed by atoms with Gasteiger partial charge in [-0.3, -0.25) is 4.79 Å². The molecule has 0 aliphatic heterocycles. The van der Waals surface area contributed by atoms with Crippen molar-refractivity contribution in [2.45, 2.75) is 0 Å². The Bertz CT molecular complexity index is 897. The van der Waals surface area contributed by atoms with E-state index in [1.54, 1.807) is 0 Å². The SMILES string of the molecule is CN(C)c1ccc(NC(=O)COc2ncnc3ccc(Br)cc23)cc1. The summed E-state index contributed by atoms with van der Waals surface area (Å²) >= 11 is 3.41. The number of ether oxygens (including phenoxy) is 1. The molecule has 0 radical (unpaired) electrons. The van der Waals surface area contributed by atoms with E-state index in [1.807, 2.05) is 61.5 Å². The fourth-order valence-corrected chi connectivity index (χ4v) is 2.66. The lowest BCUT2D eigenvalue weighted by Crippen LogP contribution is -2.20. The molecule has 1 aromatic heterocycles. The van der Waals surface area contributed by atoms with Crippen molar-refractivity contribution in [3.05, 3.63) is 53.3 Å². The number of hydrogen-bond acceptors (Lipinski definition) is 5. The summed E-state index contributed by atoms with van der Waals surface area (Å²) < 4.78 is 6.47. The summed E-state index contributed by atoms with van der Waals surface area (Å²) in [5, 5.41) is 3.55. The summed E-state index contributed by atoms with van der Waals surface area (Å²) in [6, 6.07) is 13.2. The molecule has 1 N–H and O–H groups in total. The molecule has 6 nitrogen and oxygen atoms in total. The number of anilines is 2. The van der Waals surface area contributed by atoms with E-state index in [0.717, 1.165) is 26.8 Å². The number of halogens is 1. The van der Waals surface area contributed by atoms with Crippen LogP contribution in [0.3, 0.4) is 0 Å². The molecule has 3 aromatic rings. The summed E-state index contributed by atoms with van der Waals surface area (Å²) in [6.45, 7) is -0.131. The van der Waals surface area contributed by atoms with Gasteiger partial charge in [-0.15, -0.1) is 0 Å². The zero-order valence-corrected chi connectivity index (χ0v) is 15.4. The Hall–Kier alpha value is -2.67. The van der Waals surface area contributed by atoms with Crippen LogP contribution in [0.25, 0.3) is 10.9 Å². The Morgan fingerprint density at radius 3 is 2.64 bits per heavy atom. The molecule has 0 saturated heterocycles. The van der Waals surface area contributed by atoms with Crippen LogP contribution in [0.1, 0.15) is 0 Å². The molecule has 1 amide bonds. The maximum Gasteiger partial charge on any atom is 0.262 e. The van der Waals surface area contributed by atoms with Gasteiger partial charge in [0.05, 0.1) is 10.9 Å². The van der Waals surface area contributed by atoms with Crippen molar-refractivity contribution in [1.29, 1.82) is 0 Å². The normalized spacial score (nSPS) is 10.5. The molecule has 25 heavy (non-hydrogen) atoms. The van der Waals surface area contributed by atoms with Crippen LogP contribution in [0.2, 0.25) is 0 Å². The quantitative estimate of drug-likeness (QED) is 0.709. The molecule has 7 heteroatoms. The number of fused-ring (bicyclic) bond motifs is 1. The third-order valence-electron chi connectivity index (χ3n) is 3.57. The molecule has 0 atom stereocenters. The molecule has 0 saturated carbocycles. The van der Waals surface area contributed by atoms with Crippen molar-refractivity contribution < 1.29 is 9.53 Å².